The maximum Gasteiger partial charge on any atom is 0.221 e. The zero-order valence-electron chi connectivity index (χ0n) is 6.11. The van der Waals surface area contributed by atoms with Crippen LogP contribution in [0.4, 0.5) is 0 Å². The van der Waals surface area contributed by atoms with E-state index >= 15 is 0 Å². The summed E-state index contributed by atoms with van der Waals surface area (Å²) in [5.41, 5.74) is 1.14. The van der Waals surface area contributed by atoms with Gasteiger partial charge < -0.3 is 10.1 Å². The van der Waals surface area contributed by atoms with Crippen molar-refractivity contribution in [1.29, 1.82) is 0 Å². The summed E-state index contributed by atoms with van der Waals surface area (Å²) in [7, 11) is 0. The highest BCUT2D eigenvalue weighted by molar-refractivity contribution is 5.99. The molecule has 0 spiro atoms. The fourth-order valence-electron chi connectivity index (χ4n) is 1.18. The van der Waals surface area contributed by atoms with Gasteiger partial charge in [0.25, 0.3) is 0 Å². The number of pyridine rings is 1. The summed E-state index contributed by atoms with van der Waals surface area (Å²) in [6, 6.07) is 1.70. The van der Waals surface area contributed by atoms with E-state index in [-0.39, 0.29) is 5.88 Å². The molecular weight excluding hydrogens is 156 g/mol. The molecule has 0 saturated carbocycles. The predicted molar refractivity (Wildman–Crippen MR) is 43.1 cm³/mol. The number of nitrogens with one attached hydrogen (secondary N) is 1. The summed E-state index contributed by atoms with van der Waals surface area (Å²) in [5.74, 6) is -0.115. The van der Waals surface area contributed by atoms with Crippen LogP contribution in [0, 0.1) is 0 Å². The first-order valence-electron chi connectivity index (χ1n) is 3.43. The predicted octanol–water partition coefficient (Wildman–Crippen LogP) is 1.08. The van der Waals surface area contributed by atoms with Crippen LogP contribution in [-0.4, -0.2) is 21.4 Å². The molecule has 0 fully saturated rings. The zero-order valence-corrected chi connectivity index (χ0v) is 6.11. The van der Waals surface area contributed by atoms with E-state index in [1.54, 1.807) is 12.3 Å². The third-order valence-electron chi connectivity index (χ3n) is 1.73. The number of carbonyl (C=O) groups excluding carboxylic acids is 1. The van der Waals surface area contributed by atoms with Gasteiger partial charge in [-0.25, -0.2) is 4.98 Å². The van der Waals surface area contributed by atoms with E-state index < -0.39 is 0 Å². The van der Waals surface area contributed by atoms with Crippen LogP contribution in [-0.2, 0) is 0 Å². The highest BCUT2D eigenvalue weighted by Gasteiger charge is 2.06. The Kier molecular flexibility index (Phi) is 1.33. The molecule has 2 heterocycles. The van der Waals surface area contributed by atoms with Gasteiger partial charge in [-0.15, -0.1) is 0 Å². The number of aldehydes is 1. The summed E-state index contributed by atoms with van der Waals surface area (Å²) in [4.78, 5) is 17.0. The molecule has 2 aromatic rings. The average molecular weight is 162 g/mol. The first-order valence-corrected chi connectivity index (χ1v) is 3.43. The second-order valence-electron chi connectivity index (χ2n) is 2.42. The van der Waals surface area contributed by atoms with Gasteiger partial charge in [0.15, 0.2) is 6.29 Å². The quantitative estimate of drug-likeness (QED) is 0.616. The minimum atomic E-state index is -0.115. The Morgan fingerprint density at radius 3 is 3.17 bits per heavy atom. The summed E-state index contributed by atoms with van der Waals surface area (Å²) in [6.07, 6.45) is 3.70. The van der Waals surface area contributed by atoms with Crippen LogP contribution in [0.1, 0.15) is 10.4 Å². The Balaban J connectivity index is 2.91. The standard InChI is InChI=1S/C8H6N2O2/c11-4-5-3-10-6-1-2-9-8(12)7(5)6/h1-4,10H,(H,9,12). The second kappa shape index (κ2) is 2.34. The summed E-state index contributed by atoms with van der Waals surface area (Å²) in [6.45, 7) is 0. The van der Waals surface area contributed by atoms with Crippen LogP contribution in [0.2, 0.25) is 0 Å². The lowest BCUT2D eigenvalue weighted by atomic mass is 10.2. The number of hydrogen-bond donors (Lipinski definition) is 2. The molecule has 0 aromatic carbocycles. The van der Waals surface area contributed by atoms with E-state index in [0.717, 1.165) is 0 Å². The summed E-state index contributed by atoms with van der Waals surface area (Å²) < 4.78 is 0. The maximum absolute atomic E-state index is 10.5. The Labute approximate surface area is 67.9 Å². The molecule has 0 aliphatic rings. The van der Waals surface area contributed by atoms with Gasteiger partial charge in [-0.1, -0.05) is 0 Å². The van der Waals surface area contributed by atoms with Crippen LogP contribution < -0.4 is 0 Å². The van der Waals surface area contributed by atoms with Crippen molar-refractivity contribution in [2.75, 3.05) is 0 Å². The Bertz CT molecular complexity index is 434. The number of aromatic amines is 1. The van der Waals surface area contributed by atoms with Crippen LogP contribution in [0.5, 0.6) is 5.88 Å². The lowest BCUT2D eigenvalue weighted by Crippen LogP contribution is -1.78. The van der Waals surface area contributed by atoms with Gasteiger partial charge in [-0.2, -0.15) is 0 Å². The first kappa shape index (κ1) is 6.84. The van der Waals surface area contributed by atoms with E-state index in [9.17, 15) is 9.90 Å². The Morgan fingerprint density at radius 2 is 2.42 bits per heavy atom. The minimum absolute atomic E-state index is 0.115. The molecule has 0 atom stereocenters. The number of rotatable bonds is 1. The smallest absolute Gasteiger partial charge is 0.221 e. The van der Waals surface area contributed by atoms with Crippen molar-refractivity contribution in [3.05, 3.63) is 24.0 Å². The van der Waals surface area contributed by atoms with Crippen LogP contribution >= 0.6 is 0 Å². The zero-order chi connectivity index (χ0) is 8.55. The van der Waals surface area contributed by atoms with Crippen molar-refractivity contribution >= 4 is 17.2 Å². The molecule has 12 heavy (non-hydrogen) atoms. The van der Waals surface area contributed by atoms with Crippen molar-refractivity contribution in [3.8, 4) is 5.88 Å². The van der Waals surface area contributed by atoms with Crippen molar-refractivity contribution in [2.24, 2.45) is 0 Å². The van der Waals surface area contributed by atoms with Crippen molar-refractivity contribution in [3.63, 3.8) is 0 Å². The molecule has 0 unspecified atom stereocenters. The summed E-state index contributed by atoms with van der Waals surface area (Å²) in [5, 5.41) is 9.76. The summed E-state index contributed by atoms with van der Waals surface area (Å²) >= 11 is 0. The molecule has 2 N–H and O–H groups in total. The van der Waals surface area contributed by atoms with Gasteiger partial charge in [0.1, 0.15) is 0 Å². The third kappa shape index (κ3) is 0.780. The van der Waals surface area contributed by atoms with Crippen molar-refractivity contribution in [1.82, 2.24) is 9.97 Å². The molecule has 4 nitrogen and oxygen atoms in total. The molecule has 0 radical (unpaired) electrons. The number of nitrogens with zero attached hydrogens (tertiary/aromatic N) is 1. The van der Waals surface area contributed by atoms with Gasteiger partial charge in [-0.05, 0) is 6.07 Å². The fraction of sp³-hybridized carbons (Fsp3) is 0. The van der Waals surface area contributed by atoms with Gasteiger partial charge in [0.2, 0.25) is 5.88 Å². The van der Waals surface area contributed by atoms with Gasteiger partial charge >= 0.3 is 0 Å². The molecule has 0 saturated heterocycles. The lowest BCUT2D eigenvalue weighted by Gasteiger charge is -1.92. The molecule has 0 bridgehead atoms. The normalized spacial score (nSPS) is 10.3. The van der Waals surface area contributed by atoms with Crippen LogP contribution in [0.25, 0.3) is 10.9 Å². The second-order valence-corrected chi connectivity index (χ2v) is 2.42. The van der Waals surface area contributed by atoms with Crippen molar-refractivity contribution in [2.45, 2.75) is 0 Å². The topological polar surface area (TPSA) is 66.0 Å². The van der Waals surface area contributed by atoms with Gasteiger partial charge in [-0.3, -0.25) is 4.79 Å². The van der Waals surface area contributed by atoms with E-state index in [4.69, 9.17) is 0 Å². The number of aromatic hydroxyl groups is 1. The monoisotopic (exact) mass is 162 g/mol. The lowest BCUT2D eigenvalue weighted by molar-refractivity contribution is 0.112. The van der Waals surface area contributed by atoms with E-state index in [2.05, 4.69) is 9.97 Å². The SMILES string of the molecule is O=Cc1c[nH]c2ccnc(O)c12. The largest absolute Gasteiger partial charge is 0.493 e. The molecule has 60 valence electrons. The number of fused-ring (bicyclic) bond motifs is 1. The van der Waals surface area contributed by atoms with Crippen LogP contribution in [0.15, 0.2) is 18.5 Å². The average Bonchev–Trinajstić information content (AvgIpc) is 2.49. The molecule has 0 aliphatic carbocycles. The number of hydrogen-bond acceptors (Lipinski definition) is 3. The number of H-pyrrole nitrogens is 1. The minimum Gasteiger partial charge on any atom is -0.493 e. The first-order chi connectivity index (χ1) is 5.83. The highest BCUT2D eigenvalue weighted by atomic mass is 16.3. The molecule has 0 aliphatic heterocycles. The number of aromatic nitrogens is 2. The van der Waals surface area contributed by atoms with Gasteiger partial charge in [0.05, 0.1) is 10.9 Å². The van der Waals surface area contributed by atoms with E-state index in [0.29, 0.717) is 22.8 Å². The Morgan fingerprint density at radius 1 is 1.58 bits per heavy atom. The molecule has 4 heteroatoms. The van der Waals surface area contributed by atoms with Crippen molar-refractivity contribution < 1.29 is 9.90 Å². The fourth-order valence-corrected chi connectivity index (χ4v) is 1.18. The maximum atomic E-state index is 10.5. The molecule has 0 amide bonds. The van der Waals surface area contributed by atoms with E-state index in [1.807, 2.05) is 0 Å². The molecular formula is C8H6N2O2. The Hall–Kier alpha value is -1.84. The highest BCUT2D eigenvalue weighted by Crippen LogP contribution is 2.23. The number of carbonyl (C=O) groups is 1. The third-order valence-corrected chi connectivity index (χ3v) is 1.73. The molecule has 2 aromatic heterocycles. The van der Waals surface area contributed by atoms with E-state index in [1.165, 1.54) is 6.20 Å². The van der Waals surface area contributed by atoms with Gasteiger partial charge in [0, 0.05) is 18.0 Å². The van der Waals surface area contributed by atoms with Crippen LogP contribution in [0.3, 0.4) is 0 Å². The molecule has 2 rings (SSSR count).